The number of alkyl halides is 1. The van der Waals surface area contributed by atoms with E-state index in [1.165, 1.54) is 50.2 Å². The quantitative estimate of drug-likeness (QED) is 0.694. The Hall–Kier alpha value is -1.69. The molecule has 0 aromatic heterocycles. The smallest absolute Gasteiger partial charge is 0.209 e. The van der Waals surface area contributed by atoms with Crippen molar-refractivity contribution >= 4 is 6.41 Å². The third kappa shape index (κ3) is 6.39. The van der Waals surface area contributed by atoms with Crippen molar-refractivity contribution in [2.45, 2.75) is 51.6 Å². The number of nitrogens with one attached hydrogen (secondary N) is 1. The van der Waals surface area contributed by atoms with Crippen LogP contribution in [0.1, 0.15) is 45.1 Å². The zero-order valence-corrected chi connectivity index (χ0v) is 17.6. The summed E-state index contributed by atoms with van der Waals surface area (Å²) in [7, 11) is 0. The maximum Gasteiger partial charge on any atom is 0.209 e. The van der Waals surface area contributed by atoms with Crippen molar-refractivity contribution in [3.63, 3.8) is 0 Å². The van der Waals surface area contributed by atoms with Crippen molar-refractivity contribution in [1.82, 2.24) is 10.2 Å². The molecule has 3 fully saturated rings. The molecule has 162 valence electrons. The summed E-state index contributed by atoms with van der Waals surface area (Å²) in [6.07, 6.45) is 6.56. The summed E-state index contributed by atoms with van der Waals surface area (Å²) in [5.74, 6) is 3.22. The number of likely N-dealkylation sites (tertiary alicyclic amines) is 1. The summed E-state index contributed by atoms with van der Waals surface area (Å²) < 4.78 is 31.8. The van der Waals surface area contributed by atoms with Crippen molar-refractivity contribution in [2.75, 3.05) is 32.8 Å². The van der Waals surface area contributed by atoms with Crippen LogP contribution in [-0.4, -0.2) is 49.8 Å². The molecule has 2 saturated heterocycles. The van der Waals surface area contributed by atoms with Gasteiger partial charge in [0.05, 0.1) is 19.7 Å². The molecule has 1 N–H and O–H groups in total. The number of halogens is 2. The Morgan fingerprint density at radius 1 is 1.31 bits per heavy atom. The van der Waals surface area contributed by atoms with Gasteiger partial charge in [0.25, 0.3) is 0 Å². The van der Waals surface area contributed by atoms with E-state index in [0.29, 0.717) is 12.2 Å². The Bertz CT molecular complexity index is 669. The Morgan fingerprint density at radius 3 is 2.59 bits per heavy atom. The summed E-state index contributed by atoms with van der Waals surface area (Å²) in [4.78, 5) is 11.2. The molecule has 0 radical (unpaired) electrons. The lowest BCUT2D eigenvalue weighted by molar-refractivity contribution is -0.129. The van der Waals surface area contributed by atoms with Crippen molar-refractivity contribution in [3.8, 4) is 5.75 Å². The summed E-state index contributed by atoms with van der Waals surface area (Å²) in [5.41, 5.74) is -0.350. The van der Waals surface area contributed by atoms with Crippen LogP contribution in [0.5, 0.6) is 5.75 Å². The van der Waals surface area contributed by atoms with Crippen LogP contribution in [0.15, 0.2) is 18.2 Å². The Labute approximate surface area is 173 Å². The Balaban J connectivity index is 0.000000252. The third-order valence-corrected chi connectivity index (χ3v) is 6.34. The van der Waals surface area contributed by atoms with Crippen LogP contribution in [0, 0.1) is 23.6 Å². The van der Waals surface area contributed by atoms with Crippen molar-refractivity contribution in [2.24, 2.45) is 17.8 Å². The zero-order valence-electron chi connectivity index (χ0n) is 17.6. The first-order chi connectivity index (χ1) is 13.9. The SMILES string of the molecule is CC1(F)CN(C=O)C1.CCc1ccc(OCCC2CC2C2CCNCC2)cc1F. The molecule has 1 saturated carbocycles. The van der Waals surface area contributed by atoms with Crippen molar-refractivity contribution in [1.29, 1.82) is 0 Å². The number of benzene rings is 1. The Kier molecular flexibility index (Phi) is 7.49. The average Bonchev–Trinajstić information content (AvgIpc) is 3.47. The highest BCUT2D eigenvalue weighted by atomic mass is 19.1. The van der Waals surface area contributed by atoms with Gasteiger partial charge in [-0.1, -0.05) is 13.0 Å². The van der Waals surface area contributed by atoms with Gasteiger partial charge in [-0.2, -0.15) is 0 Å². The van der Waals surface area contributed by atoms with E-state index >= 15 is 0 Å². The van der Waals surface area contributed by atoms with Crippen LogP contribution in [0.2, 0.25) is 0 Å². The van der Waals surface area contributed by atoms with Crippen LogP contribution in [0.25, 0.3) is 0 Å². The van der Waals surface area contributed by atoms with Gasteiger partial charge in [-0.25, -0.2) is 8.78 Å². The van der Waals surface area contributed by atoms with Gasteiger partial charge in [0.1, 0.15) is 17.2 Å². The first-order valence-electron chi connectivity index (χ1n) is 10.9. The van der Waals surface area contributed by atoms with Gasteiger partial charge in [0.15, 0.2) is 0 Å². The average molecular weight is 409 g/mol. The van der Waals surface area contributed by atoms with Gasteiger partial charge in [-0.15, -0.1) is 0 Å². The fourth-order valence-electron chi connectivity index (χ4n) is 4.56. The topological polar surface area (TPSA) is 41.6 Å². The molecule has 2 atom stereocenters. The molecule has 1 aromatic carbocycles. The normalized spacial score (nSPS) is 25.4. The number of carbonyl (C=O) groups is 1. The first-order valence-corrected chi connectivity index (χ1v) is 10.9. The van der Waals surface area contributed by atoms with Crippen molar-refractivity contribution in [3.05, 3.63) is 29.6 Å². The van der Waals surface area contributed by atoms with Crippen LogP contribution >= 0.6 is 0 Å². The second-order valence-corrected chi connectivity index (χ2v) is 8.91. The molecule has 6 heteroatoms. The highest BCUT2D eigenvalue weighted by Gasteiger charge is 2.42. The first kappa shape index (κ1) is 22.0. The molecule has 1 amide bonds. The lowest BCUT2D eigenvalue weighted by Crippen LogP contribution is -2.56. The van der Waals surface area contributed by atoms with Gasteiger partial charge in [0, 0.05) is 6.07 Å². The molecule has 29 heavy (non-hydrogen) atoms. The highest BCUT2D eigenvalue weighted by Crippen LogP contribution is 2.49. The molecule has 4 rings (SSSR count). The van der Waals surface area contributed by atoms with E-state index in [2.05, 4.69) is 5.32 Å². The predicted octanol–water partition coefficient (Wildman–Crippen LogP) is 3.98. The van der Waals surface area contributed by atoms with E-state index in [9.17, 15) is 13.6 Å². The van der Waals surface area contributed by atoms with E-state index < -0.39 is 5.67 Å². The third-order valence-electron chi connectivity index (χ3n) is 6.34. The molecular weight excluding hydrogens is 374 g/mol. The fraction of sp³-hybridized carbons (Fsp3) is 0.696. The molecule has 1 aromatic rings. The minimum Gasteiger partial charge on any atom is -0.493 e. The molecule has 2 aliphatic heterocycles. The number of hydrogen-bond donors (Lipinski definition) is 1. The summed E-state index contributed by atoms with van der Waals surface area (Å²) in [5, 5.41) is 3.43. The number of nitrogens with zero attached hydrogens (tertiary/aromatic N) is 1. The zero-order chi connectivity index (χ0) is 20.9. The van der Waals surface area contributed by atoms with Gasteiger partial charge in [-0.3, -0.25) is 4.79 Å². The summed E-state index contributed by atoms with van der Waals surface area (Å²) >= 11 is 0. The maximum atomic E-state index is 13.7. The molecule has 3 aliphatic rings. The van der Waals surface area contributed by atoms with Gasteiger partial charge in [-0.05, 0) is 81.5 Å². The predicted molar refractivity (Wildman–Crippen MR) is 110 cm³/mol. The standard InChI is InChI=1S/C18H26FNO.C5H8FNO/c1-2-13-3-4-16(12-18(13)19)21-10-7-15-11-17(15)14-5-8-20-9-6-14;1-5(6)2-7(3-5)4-8/h3-4,12,14-15,17,20H,2,5-11H2,1H3;4H,2-3H2,1H3. The molecule has 1 aliphatic carbocycles. The van der Waals surface area contributed by atoms with Crippen LogP contribution in [0.4, 0.5) is 8.78 Å². The van der Waals surface area contributed by atoms with E-state index in [1.807, 2.05) is 19.1 Å². The molecule has 2 heterocycles. The minimum absolute atomic E-state index is 0.144. The largest absolute Gasteiger partial charge is 0.493 e. The Morgan fingerprint density at radius 2 is 2.03 bits per heavy atom. The number of piperidine rings is 1. The molecule has 2 unspecified atom stereocenters. The monoisotopic (exact) mass is 408 g/mol. The van der Waals surface area contributed by atoms with Gasteiger partial charge < -0.3 is 15.0 Å². The molecular formula is C23H34F2N2O2. The highest BCUT2D eigenvalue weighted by molar-refractivity contribution is 5.49. The molecule has 0 spiro atoms. The number of aryl methyl sites for hydroxylation is 1. The minimum atomic E-state index is -1.11. The fourth-order valence-corrected chi connectivity index (χ4v) is 4.56. The van der Waals surface area contributed by atoms with Crippen LogP contribution in [0.3, 0.4) is 0 Å². The van der Waals surface area contributed by atoms with Gasteiger partial charge >= 0.3 is 0 Å². The van der Waals surface area contributed by atoms with Crippen LogP contribution < -0.4 is 10.1 Å². The lowest BCUT2D eigenvalue weighted by Gasteiger charge is -2.39. The number of ether oxygens (including phenoxy) is 1. The lowest BCUT2D eigenvalue weighted by atomic mass is 9.91. The molecule has 0 bridgehead atoms. The summed E-state index contributed by atoms with van der Waals surface area (Å²) in [6.45, 7) is 7.07. The van der Waals surface area contributed by atoms with Crippen LogP contribution in [-0.2, 0) is 11.2 Å². The maximum absolute atomic E-state index is 13.7. The van der Waals surface area contributed by atoms with Gasteiger partial charge in [0.2, 0.25) is 6.41 Å². The van der Waals surface area contributed by atoms with E-state index in [-0.39, 0.29) is 18.9 Å². The van der Waals surface area contributed by atoms with E-state index in [1.54, 1.807) is 0 Å². The number of carbonyl (C=O) groups excluding carboxylic acids is 1. The molecule has 4 nitrogen and oxygen atoms in total. The number of rotatable bonds is 7. The second kappa shape index (κ2) is 9.88. The van der Waals surface area contributed by atoms with E-state index in [4.69, 9.17) is 4.74 Å². The van der Waals surface area contributed by atoms with Crippen molar-refractivity contribution < 1.29 is 18.3 Å². The summed E-state index contributed by atoms with van der Waals surface area (Å²) in [6, 6.07) is 5.24. The number of hydrogen-bond acceptors (Lipinski definition) is 3. The second-order valence-electron chi connectivity index (χ2n) is 8.91. The number of amides is 1. The van der Waals surface area contributed by atoms with E-state index in [0.717, 1.165) is 42.8 Å².